The molecule has 32 heavy (non-hydrogen) atoms. The summed E-state index contributed by atoms with van der Waals surface area (Å²) in [5.41, 5.74) is 0.451. The summed E-state index contributed by atoms with van der Waals surface area (Å²) in [5, 5.41) is 32.8. The smallest absolute Gasteiger partial charge is 0.322 e. The van der Waals surface area contributed by atoms with Gasteiger partial charge in [0.1, 0.15) is 6.54 Å². The van der Waals surface area contributed by atoms with Crippen LogP contribution in [0.1, 0.15) is 85.0 Å². The van der Waals surface area contributed by atoms with Gasteiger partial charge < -0.3 is 20.6 Å². The molecular weight excluding hydrogens is 406 g/mol. The molecular formula is C26H43NO5. The molecule has 0 spiro atoms. The lowest BCUT2D eigenvalue weighted by molar-refractivity contribution is -0.174. The van der Waals surface area contributed by atoms with E-state index in [2.05, 4.69) is 26.1 Å². The van der Waals surface area contributed by atoms with E-state index in [0.29, 0.717) is 41.9 Å². The van der Waals surface area contributed by atoms with Crippen LogP contribution < -0.4 is 5.32 Å². The van der Waals surface area contributed by atoms with Crippen molar-refractivity contribution in [2.45, 2.75) is 97.2 Å². The molecule has 0 aromatic rings. The maximum absolute atomic E-state index is 12.0. The van der Waals surface area contributed by atoms with Gasteiger partial charge in [0.25, 0.3) is 0 Å². The molecule has 10 atom stereocenters. The van der Waals surface area contributed by atoms with Crippen LogP contribution in [0.25, 0.3) is 0 Å². The van der Waals surface area contributed by atoms with Crippen LogP contribution in [0.2, 0.25) is 0 Å². The molecule has 0 aromatic heterocycles. The van der Waals surface area contributed by atoms with E-state index < -0.39 is 5.97 Å². The fraction of sp³-hybridized carbons (Fsp3) is 0.923. The number of nitrogens with one attached hydrogen (secondary N) is 1. The van der Waals surface area contributed by atoms with Crippen molar-refractivity contribution in [1.82, 2.24) is 5.32 Å². The van der Waals surface area contributed by atoms with Gasteiger partial charge in [0.15, 0.2) is 0 Å². The molecule has 4 saturated carbocycles. The quantitative estimate of drug-likeness (QED) is 0.496. The van der Waals surface area contributed by atoms with Crippen LogP contribution in [0.5, 0.6) is 0 Å². The lowest BCUT2D eigenvalue weighted by atomic mass is 9.43. The van der Waals surface area contributed by atoms with Crippen molar-refractivity contribution >= 4 is 11.9 Å². The lowest BCUT2D eigenvalue weighted by Gasteiger charge is -2.62. The van der Waals surface area contributed by atoms with Gasteiger partial charge in [-0.2, -0.15) is 0 Å². The zero-order valence-corrected chi connectivity index (χ0v) is 20.1. The Balaban J connectivity index is 1.44. The van der Waals surface area contributed by atoms with Crippen LogP contribution in [0.15, 0.2) is 0 Å². The summed E-state index contributed by atoms with van der Waals surface area (Å²) in [7, 11) is 0. The molecule has 0 aromatic carbocycles. The van der Waals surface area contributed by atoms with Gasteiger partial charge in [0.2, 0.25) is 5.91 Å². The predicted molar refractivity (Wildman–Crippen MR) is 122 cm³/mol. The van der Waals surface area contributed by atoms with Crippen LogP contribution in [-0.2, 0) is 9.59 Å². The van der Waals surface area contributed by atoms with Crippen LogP contribution in [-0.4, -0.2) is 45.9 Å². The highest BCUT2D eigenvalue weighted by Gasteiger charge is 2.62. The number of aliphatic hydroxyl groups is 2. The lowest BCUT2D eigenvalue weighted by Crippen LogP contribution is -2.58. The largest absolute Gasteiger partial charge is 0.480 e. The van der Waals surface area contributed by atoms with Crippen molar-refractivity contribution in [2.24, 2.45) is 46.3 Å². The Morgan fingerprint density at radius 2 is 1.69 bits per heavy atom. The number of hydrogen-bond donors (Lipinski definition) is 4. The van der Waals surface area contributed by atoms with Crippen molar-refractivity contribution in [2.75, 3.05) is 6.54 Å². The molecule has 4 aliphatic rings. The van der Waals surface area contributed by atoms with Crippen molar-refractivity contribution in [3.8, 4) is 0 Å². The first kappa shape index (κ1) is 24.0. The number of carbonyl (C=O) groups excluding carboxylic acids is 1. The van der Waals surface area contributed by atoms with E-state index in [-0.39, 0.29) is 35.5 Å². The third-order valence-corrected chi connectivity index (χ3v) is 10.7. The minimum absolute atomic E-state index is 0.177. The topological polar surface area (TPSA) is 107 Å². The average molecular weight is 450 g/mol. The fourth-order valence-corrected chi connectivity index (χ4v) is 9.00. The standard InChI is InChI=1S/C26H43NO5/c1-15(4-7-22(30)27-14-23(31)32)18-5-6-19-24-20(9-11-26(18,19)3)25(2)10-8-17(28)12-16(25)13-21(24)29/h15-21,24,28-29H,4-14H2,1-3H3,(H,27,30)(H,31,32)/t15?,16-,17+,18?,19?,20?,21+,24?,25-,26+/m0/s1. The summed E-state index contributed by atoms with van der Waals surface area (Å²) in [6, 6.07) is 0. The summed E-state index contributed by atoms with van der Waals surface area (Å²) in [4.78, 5) is 22.7. The highest BCUT2D eigenvalue weighted by molar-refractivity contribution is 5.81. The Morgan fingerprint density at radius 1 is 1.00 bits per heavy atom. The van der Waals surface area contributed by atoms with Gasteiger partial charge in [0, 0.05) is 6.42 Å². The molecule has 0 saturated heterocycles. The Hall–Kier alpha value is -1.14. The molecule has 4 aliphatic carbocycles. The molecule has 1 amide bonds. The first-order valence-electron chi connectivity index (χ1n) is 12.9. The molecule has 6 heteroatoms. The predicted octanol–water partition coefficient (Wildman–Crippen LogP) is 3.59. The second kappa shape index (κ2) is 8.90. The van der Waals surface area contributed by atoms with Crippen LogP contribution in [0.3, 0.4) is 0 Å². The van der Waals surface area contributed by atoms with E-state index in [1.165, 1.54) is 12.8 Å². The summed E-state index contributed by atoms with van der Waals surface area (Å²) in [6.45, 7) is 6.83. The van der Waals surface area contributed by atoms with Gasteiger partial charge in [0.05, 0.1) is 12.2 Å². The van der Waals surface area contributed by atoms with E-state index in [1.54, 1.807) is 0 Å². The fourth-order valence-electron chi connectivity index (χ4n) is 9.00. The summed E-state index contributed by atoms with van der Waals surface area (Å²) < 4.78 is 0. The first-order chi connectivity index (χ1) is 15.1. The van der Waals surface area contributed by atoms with Crippen molar-refractivity contribution in [3.05, 3.63) is 0 Å². The maximum Gasteiger partial charge on any atom is 0.322 e. The Labute approximate surface area is 192 Å². The van der Waals surface area contributed by atoms with Gasteiger partial charge in [-0.25, -0.2) is 0 Å². The SMILES string of the molecule is CC(CCC(=O)NCC(=O)O)C1CCC2C3C(CC[C@]12C)[C@@]1(C)CC[C@@H](O)C[C@H]1C[C@H]3O. The number of amides is 1. The van der Waals surface area contributed by atoms with Crippen molar-refractivity contribution in [1.29, 1.82) is 0 Å². The molecule has 0 aliphatic heterocycles. The zero-order valence-electron chi connectivity index (χ0n) is 20.1. The minimum atomic E-state index is -1.01. The summed E-state index contributed by atoms with van der Waals surface area (Å²) in [5.74, 6) is 1.66. The highest BCUT2D eigenvalue weighted by atomic mass is 16.4. The van der Waals surface area contributed by atoms with E-state index >= 15 is 0 Å². The Bertz CT molecular complexity index is 727. The maximum atomic E-state index is 12.0. The average Bonchev–Trinajstić information content (AvgIpc) is 3.09. The molecule has 4 fully saturated rings. The van der Waals surface area contributed by atoms with Crippen LogP contribution >= 0.6 is 0 Å². The number of fused-ring (bicyclic) bond motifs is 5. The van der Waals surface area contributed by atoms with Gasteiger partial charge in [-0.3, -0.25) is 9.59 Å². The number of carboxylic acid groups (broad SMARTS) is 1. The molecule has 5 unspecified atom stereocenters. The number of aliphatic carboxylic acids is 1. The van der Waals surface area contributed by atoms with Crippen molar-refractivity contribution in [3.63, 3.8) is 0 Å². The molecule has 0 bridgehead atoms. The number of carboxylic acids is 1. The summed E-state index contributed by atoms with van der Waals surface area (Å²) in [6.07, 6.45) is 9.06. The van der Waals surface area contributed by atoms with E-state index in [4.69, 9.17) is 5.11 Å². The van der Waals surface area contributed by atoms with Crippen LogP contribution in [0.4, 0.5) is 0 Å². The van der Waals surface area contributed by atoms with E-state index in [0.717, 1.165) is 44.9 Å². The van der Waals surface area contributed by atoms with Gasteiger partial charge in [-0.1, -0.05) is 20.8 Å². The van der Waals surface area contributed by atoms with Crippen LogP contribution in [0, 0.1) is 46.3 Å². The second-order valence-corrected chi connectivity index (χ2v) is 12.1. The van der Waals surface area contributed by atoms with Gasteiger partial charge >= 0.3 is 5.97 Å². The Kier molecular flexibility index (Phi) is 6.68. The third kappa shape index (κ3) is 4.11. The van der Waals surface area contributed by atoms with Gasteiger partial charge in [-0.15, -0.1) is 0 Å². The molecule has 6 nitrogen and oxygen atoms in total. The van der Waals surface area contributed by atoms with Crippen molar-refractivity contribution < 1.29 is 24.9 Å². The number of hydrogen-bond acceptors (Lipinski definition) is 4. The second-order valence-electron chi connectivity index (χ2n) is 12.1. The number of aliphatic hydroxyl groups excluding tert-OH is 2. The molecule has 182 valence electrons. The minimum Gasteiger partial charge on any atom is -0.480 e. The number of rotatable bonds is 6. The normalized spacial score (nSPS) is 46.5. The van der Waals surface area contributed by atoms with E-state index in [9.17, 15) is 19.8 Å². The monoisotopic (exact) mass is 449 g/mol. The Morgan fingerprint density at radius 3 is 2.41 bits per heavy atom. The first-order valence-corrected chi connectivity index (χ1v) is 12.9. The number of carbonyl (C=O) groups is 2. The molecule has 4 rings (SSSR count). The van der Waals surface area contributed by atoms with E-state index in [1.807, 2.05) is 0 Å². The molecule has 0 heterocycles. The molecule has 4 N–H and O–H groups in total. The zero-order chi connectivity index (χ0) is 23.3. The third-order valence-electron chi connectivity index (χ3n) is 10.7. The molecule has 0 radical (unpaired) electrons. The van der Waals surface area contributed by atoms with Gasteiger partial charge in [-0.05, 0) is 104 Å². The highest BCUT2D eigenvalue weighted by Crippen LogP contribution is 2.68. The summed E-state index contributed by atoms with van der Waals surface area (Å²) >= 11 is 0.